The van der Waals surface area contributed by atoms with Gasteiger partial charge in [0.2, 0.25) is 0 Å². The number of hydrogen-bond acceptors (Lipinski definition) is 2. The lowest BCUT2D eigenvalue weighted by atomic mass is 10.1. The first-order valence-corrected chi connectivity index (χ1v) is 7.03. The second-order valence-corrected chi connectivity index (χ2v) is 5.09. The SMILES string of the molecule is C/C(=C\C(=O)c1ccccc1)C(=O)Nc1cccc(C(F)(F)F)c1. The summed E-state index contributed by atoms with van der Waals surface area (Å²) in [6, 6.07) is 12.7. The number of nitrogens with one attached hydrogen (secondary N) is 1. The van der Waals surface area contributed by atoms with E-state index in [9.17, 15) is 22.8 Å². The quantitative estimate of drug-likeness (QED) is 0.663. The molecule has 0 saturated heterocycles. The summed E-state index contributed by atoms with van der Waals surface area (Å²) in [5, 5.41) is 2.35. The highest BCUT2D eigenvalue weighted by molar-refractivity contribution is 6.12. The predicted octanol–water partition coefficient (Wildman–Crippen LogP) is 4.47. The lowest BCUT2D eigenvalue weighted by Crippen LogP contribution is -2.15. The topological polar surface area (TPSA) is 46.2 Å². The number of carbonyl (C=O) groups excluding carboxylic acids is 2. The molecule has 6 heteroatoms. The van der Waals surface area contributed by atoms with Crippen LogP contribution < -0.4 is 5.32 Å². The van der Waals surface area contributed by atoms with Gasteiger partial charge in [-0.2, -0.15) is 13.2 Å². The van der Waals surface area contributed by atoms with Crippen molar-refractivity contribution in [1.82, 2.24) is 0 Å². The average Bonchev–Trinajstić information content (AvgIpc) is 2.55. The van der Waals surface area contributed by atoms with Crippen molar-refractivity contribution in [3.8, 4) is 0 Å². The Kier molecular flexibility index (Phi) is 5.18. The number of hydrogen-bond donors (Lipinski definition) is 1. The number of amides is 1. The maximum atomic E-state index is 12.7. The summed E-state index contributed by atoms with van der Waals surface area (Å²) in [6.45, 7) is 1.42. The molecule has 0 aliphatic heterocycles. The van der Waals surface area contributed by atoms with Gasteiger partial charge in [0.1, 0.15) is 0 Å². The number of ketones is 1. The molecule has 0 heterocycles. The van der Waals surface area contributed by atoms with Crippen LogP contribution in [-0.2, 0) is 11.0 Å². The highest BCUT2D eigenvalue weighted by atomic mass is 19.4. The summed E-state index contributed by atoms with van der Waals surface area (Å²) in [5.41, 5.74) is -0.331. The van der Waals surface area contributed by atoms with Crippen LogP contribution in [0.2, 0.25) is 0 Å². The van der Waals surface area contributed by atoms with Crippen LogP contribution in [0.3, 0.4) is 0 Å². The van der Waals surface area contributed by atoms with Gasteiger partial charge in [-0.3, -0.25) is 9.59 Å². The second-order valence-electron chi connectivity index (χ2n) is 5.09. The number of benzene rings is 2. The first-order valence-electron chi connectivity index (χ1n) is 7.03. The molecule has 124 valence electrons. The van der Waals surface area contributed by atoms with Crippen LogP contribution >= 0.6 is 0 Å². The standard InChI is InChI=1S/C18H14F3NO2/c1-12(10-16(23)13-6-3-2-4-7-13)17(24)22-15-9-5-8-14(11-15)18(19,20)21/h2-11H,1H3,(H,22,24)/b12-10+. The maximum absolute atomic E-state index is 12.7. The normalized spacial score (nSPS) is 11.9. The molecule has 0 radical (unpaired) electrons. The van der Waals surface area contributed by atoms with Crippen LogP contribution in [0.25, 0.3) is 0 Å². The van der Waals surface area contributed by atoms with Gasteiger partial charge in [0, 0.05) is 16.8 Å². The minimum atomic E-state index is -4.49. The monoisotopic (exact) mass is 333 g/mol. The van der Waals surface area contributed by atoms with Gasteiger partial charge in [0.25, 0.3) is 5.91 Å². The molecule has 2 aromatic rings. The van der Waals surface area contributed by atoms with E-state index in [0.717, 1.165) is 18.2 Å². The van der Waals surface area contributed by atoms with Crippen molar-refractivity contribution in [1.29, 1.82) is 0 Å². The zero-order valence-corrected chi connectivity index (χ0v) is 12.7. The fourth-order valence-electron chi connectivity index (χ4n) is 1.95. The van der Waals surface area contributed by atoms with Crippen molar-refractivity contribution in [2.24, 2.45) is 0 Å². The van der Waals surface area contributed by atoms with Crippen LogP contribution in [0.1, 0.15) is 22.8 Å². The minimum absolute atomic E-state index is 0.00901. The molecule has 0 saturated carbocycles. The van der Waals surface area contributed by atoms with E-state index < -0.39 is 17.6 Å². The largest absolute Gasteiger partial charge is 0.416 e. The number of anilines is 1. The summed E-state index contributed by atoms with van der Waals surface area (Å²) < 4.78 is 38.0. The molecule has 0 fully saturated rings. The summed E-state index contributed by atoms with van der Waals surface area (Å²) in [5.74, 6) is -0.995. The van der Waals surface area contributed by atoms with E-state index in [4.69, 9.17) is 0 Å². The molecular formula is C18H14F3NO2. The number of carbonyl (C=O) groups is 2. The fourth-order valence-corrected chi connectivity index (χ4v) is 1.95. The molecule has 0 aliphatic carbocycles. The molecule has 1 amide bonds. The van der Waals surface area contributed by atoms with Crippen LogP contribution in [-0.4, -0.2) is 11.7 Å². The van der Waals surface area contributed by atoms with Crippen LogP contribution in [0.4, 0.5) is 18.9 Å². The van der Waals surface area contributed by atoms with E-state index in [1.807, 2.05) is 0 Å². The summed E-state index contributed by atoms with van der Waals surface area (Å²) in [7, 11) is 0. The van der Waals surface area contributed by atoms with Gasteiger partial charge in [-0.1, -0.05) is 36.4 Å². The molecule has 24 heavy (non-hydrogen) atoms. The zero-order valence-electron chi connectivity index (χ0n) is 12.7. The lowest BCUT2D eigenvalue weighted by molar-refractivity contribution is -0.137. The van der Waals surface area contributed by atoms with Crippen molar-refractivity contribution in [3.63, 3.8) is 0 Å². The van der Waals surface area contributed by atoms with Gasteiger partial charge >= 0.3 is 6.18 Å². The van der Waals surface area contributed by atoms with Crippen molar-refractivity contribution in [3.05, 3.63) is 77.4 Å². The highest BCUT2D eigenvalue weighted by Gasteiger charge is 2.30. The molecule has 3 nitrogen and oxygen atoms in total. The minimum Gasteiger partial charge on any atom is -0.322 e. The van der Waals surface area contributed by atoms with Crippen molar-refractivity contribution < 1.29 is 22.8 Å². The number of rotatable bonds is 4. The lowest BCUT2D eigenvalue weighted by Gasteiger charge is -2.10. The van der Waals surface area contributed by atoms with Gasteiger partial charge in [0.15, 0.2) is 5.78 Å². The number of alkyl halides is 3. The third-order valence-corrected chi connectivity index (χ3v) is 3.21. The Labute approximate surface area is 136 Å². The van der Waals surface area contributed by atoms with Gasteiger partial charge in [-0.05, 0) is 31.2 Å². The maximum Gasteiger partial charge on any atom is 0.416 e. The molecular weight excluding hydrogens is 319 g/mol. The predicted molar refractivity (Wildman–Crippen MR) is 84.6 cm³/mol. The third kappa shape index (κ3) is 4.55. The highest BCUT2D eigenvalue weighted by Crippen LogP contribution is 2.30. The molecule has 0 aromatic heterocycles. The van der Waals surface area contributed by atoms with Gasteiger partial charge in [-0.25, -0.2) is 0 Å². The van der Waals surface area contributed by atoms with E-state index in [1.54, 1.807) is 30.3 Å². The Hall–Kier alpha value is -2.89. The molecule has 1 N–H and O–H groups in total. The van der Waals surface area contributed by atoms with E-state index >= 15 is 0 Å². The van der Waals surface area contributed by atoms with Crippen molar-refractivity contribution >= 4 is 17.4 Å². The molecule has 0 bridgehead atoms. The van der Waals surface area contributed by atoms with Gasteiger partial charge < -0.3 is 5.32 Å². The molecule has 0 spiro atoms. The third-order valence-electron chi connectivity index (χ3n) is 3.21. The van der Waals surface area contributed by atoms with Crippen LogP contribution in [0.5, 0.6) is 0 Å². The zero-order chi connectivity index (χ0) is 17.7. The fraction of sp³-hybridized carbons (Fsp3) is 0.111. The first kappa shape index (κ1) is 17.5. The Bertz CT molecular complexity index is 780. The Morgan fingerprint density at radius 1 is 1.00 bits per heavy atom. The number of halogens is 3. The second kappa shape index (κ2) is 7.12. The summed E-state index contributed by atoms with van der Waals surface area (Å²) >= 11 is 0. The van der Waals surface area contributed by atoms with Crippen LogP contribution in [0, 0.1) is 0 Å². The summed E-state index contributed by atoms with van der Waals surface area (Å²) in [4.78, 5) is 24.0. The number of allylic oxidation sites excluding steroid dienone is 1. The van der Waals surface area contributed by atoms with E-state index in [2.05, 4.69) is 5.32 Å². The van der Waals surface area contributed by atoms with E-state index in [0.29, 0.717) is 5.56 Å². The van der Waals surface area contributed by atoms with E-state index in [-0.39, 0.29) is 17.0 Å². The van der Waals surface area contributed by atoms with Gasteiger partial charge in [0.05, 0.1) is 5.56 Å². The smallest absolute Gasteiger partial charge is 0.322 e. The van der Waals surface area contributed by atoms with E-state index in [1.165, 1.54) is 19.1 Å². The molecule has 0 unspecified atom stereocenters. The average molecular weight is 333 g/mol. The Morgan fingerprint density at radius 2 is 1.67 bits per heavy atom. The van der Waals surface area contributed by atoms with Crippen LogP contribution in [0.15, 0.2) is 66.2 Å². The summed E-state index contributed by atoms with van der Waals surface area (Å²) in [6.07, 6.45) is -3.34. The molecule has 0 atom stereocenters. The van der Waals surface area contributed by atoms with Crippen molar-refractivity contribution in [2.75, 3.05) is 5.32 Å². The Morgan fingerprint density at radius 3 is 2.29 bits per heavy atom. The Balaban J connectivity index is 2.12. The van der Waals surface area contributed by atoms with Crippen molar-refractivity contribution in [2.45, 2.75) is 13.1 Å². The molecule has 0 aliphatic rings. The molecule has 2 aromatic carbocycles. The first-order chi connectivity index (χ1) is 11.3. The molecule has 2 rings (SSSR count). The van der Waals surface area contributed by atoms with Gasteiger partial charge in [-0.15, -0.1) is 0 Å².